The second-order valence-corrected chi connectivity index (χ2v) is 7.99. The van der Waals surface area contributed by atoms with E-state index in [1.54, 1.807) is 4.13 Å². The molecule has 0 unspecified atom stereocenters. The maximum atomic E-state index is 12.1. The zero-order valence-corrected chi connectivity index (χ0v) is 13.1. The molecular formula is C14H9N3O4S2. The number of rotatable bonds is 4. The number of nitrogens with zero attached hydrogens (tertiary/aromatic N) is 2. The highest BCUT2D eigenvalue weighted by atomic mass is 32.3. The molecule has 1 N–H and O–H groups in total. The summed E-state index contributed by atoms with van der Waals surface area (Å²) in [6.45, 7) is 0. The van der Waals surface area contributed by atoms with Gasteiger partial charge in [0.25, 0.3) is 20.0 Å². The minimum atomic E-state index is -4.32. The van der Waals surface area contributed by atoms with E-state index in [2.05, 4.69) is 0 Å². The molecule has 0 saturated carbocycles. The topological polar surface area (TPSA) is 128 Å². The van der Waals surface area contributed by atoms with E-state index in [0.717, 1.165) is 24.3 Å². The van der Waals surface area contributed by atoms with Gasteiger partial charge in [-0.3, -0.25) is 0 Å². The second-order valence-electron chi connectivity index (χ2n) is 4.36. The molecule has 0 aliphatic rings. The number of nitriles is 2. The van der Waals surface area contributed by atoms with Crippen LogP contribution in [0.15, 0.2) is 58.3 Å². The standard InChI is InChI=1S/C14H9N3O4S2/c15-9-11-1-5-13(6-2-11)22(18,19)17-23(20,21)14-7-3-12(10-16)4-8-14/h1-8,17H. The molecule has 2 rings (SSSR count). The molecule has 23 heavy (non-hydrogen) atoms. The van der Waals surface area contributed by atoms with Crippen molar-refractivity contribution in [2.45, 2.75) is 9.79 Å². The van der Waals surface area contributed by atoms with E-state index in [-0.39, 0.29) is 20.9 Å². The molecule has 0 amide bonds. The fourth-order valence-corrected chi connectivity index (χ4v) is 4.57. The van der Waals surface area contributed by atoms with Crippen molar-refractivity contribution < 1.29 is 16.8 Å². The van der Waals surface area contributed by atoms with Crippen molar-refractivity contribution in [2.75, 3.05) is 0 Å². The van der Waals surface area contributed by atoms with E-state index in [4.69, 9.17) is 10.5 Å². The van der Waals surface area contributed by atoms with Crippen LogP contribution in [0.1, 0.15) is 11.1 Å². The van der Waals surface area contributed by atoms with Crippen LogP contribution < -0.4 is 4.13 Å². The predicted octanol–water partition coefficient (Wildman–Crippen LogP) is 1.10. The summed E-state index contributed by atoms with van der Waals surface area (Å²) in [7, 11) is -8.64. The summed E-state index contributed by atoms with van der Waals surface area (Å²) < 4.78 is 50.1. The molecule has 0 atom stereocenters. The van der Waals surface area contributed by atoms with E-state index < -0.39 is 20.0 Å². The van der Waals surface area contributed by atoms with Crippen LogP contribution in [-0.2, 0) is 20.0 Å². The van der Waals surface area contributed by atoms with Crippen molar-refractivity contribution in [1.82, 2.24) is 4.13 Å². The summed E-state index contributed by atoms with van der Waals surface area (Å²) in [5.74, 6) is 0. The minimum absolute atomic E-state index is 0.249. The first-order valence-electron chi connectivity index (χ1n) is 6.07. The maximum Gasteiger partial charge on any atom is 0.253 e. The lowest BCUT2D eigenvalue weighted by Gasteiger charge is -2.08. The van der Waals surface area contributed by atoms with Crippen LogP contribution in [-0.4, -0.2) is 16.8 Å². The van der Waals surface area contributed by atoms with Gasteiger partial charge in [0.15, 0.2) is 0 Å². The lowest BCUT2D eigenvalue weighted by Crippen LogP contribution is -2.30. The smallest absolute Gasteiger partial charge is 0.206 e. The van der Waals surface area contributed by atoms with Crippen LogP contribution in [0.4, 0.5) is 0 Å². The average molecular weight is 347 g/mol. The van der Waals surface area contributed by atoms with Crippen LogP contribution >= 0.6 is 0 Å². The monoisotopic (exact) mass is 347 g/mol. The fourth-order valence-electron chi connectivity index (χ4n) is 1.66. The average Bonchev–Trinajstić information content (AvgIpc) is 2.54. The van der Waals surface area contributed by atoms with Crippen molar-refractivity contribution in [3.05, 3.63) is 59.7 Å². The molecule has 116 valence electrons. The molecular weight excluding hydrogens is 338 g/mol. The van der Waals surface area contributed by atoms with Crippen LogP contribution in [0, 0.1) is 22.7 Å². The Morgan fingerprint density at radius 2 is 0.957 bits per heavy atom. The van der Waals surface area contributed by atoms with Crippen molar-refractivity contribution in [1.29, 1.82) is 10.5 Å². The van der Waals surface area contributed by atoms with Gasteiger partial charge >= 0.3 is 0 Å². The normalized spacial score (nSPS) is 11.4. The largest absolute Gasteiger partial charge is 0.253 e. The molecule has 0 aliphatic heterocycles. The summed E-state index contributed by atoms with van der Waals surface area (Å²) >= 11 is 0. The number of sulfonamides is 2. The molecule has 0 aliphatic carbocycles. The first-order chi connectivity index (χ1) is 10.8. The lowest BCUT2D eigenvalue weighted by atomic mass is 10.2. The highest BCUT2D eigenvalue weighted by Crippen LogP contribution is 2.15. The summed E-state index contributed by atoms with van der Waals surface area (Å²) in [5, 5.41) is 17.4. The van der Waals surface area contributed by atoms with Gasteiger partial charge in [0.1, 0.15) is 0 Å². The Morgan fingerprint density at radius 1 is 0.652 bits per heavy atom. The molecule has 9 heteroatoms. The summed E-state index contributed by atoms with van der Waals surface area (Å²) in [6.07, 6.45) is 0. The number of hydrogen-bond acceptors (Lipinski definition) is 6. The zero-order chi connectivity index (χ0) is 17.1. The molecule has 0 fully saturated rings. The van der Waals surface area contributed by atoms with Gasteiger partial charge < -0.3 is 0 Å². The minimum Gasteiger partial charge on any atom is -0.206 e. The van der Waals surface area contributed by atoms with Gasteiger partial charge in [0, 0.05) is 0 Å². The van der Waals surface area contributed by atoms with Gasteiger partial charge in [0.05, 0.1) is 33.1 Å². The van der Waals surface area contributed by atoms with E-state index in [1.165, 1.54) is 24.3 Å². The molecule has 2 aromatic carbocycles. The molecule has 0 aromatic heterocycles. The number of benzene rings is 2. The van der Waals surface area contributed by atoms with Crippen molar-refractivity contribution >= 4 is 20.0 Å². The van der Waals surface area contributed by atoms with Gasteiger partial charge in [-0.1, -0.05) is 0 Å². The van der Waals surface area contributed by atoms with Gasteiger partial charge in [-0.25, -0.2) is 16.8 Å². The SMILES string of the molecule is N#Cc1ccc(S(=O)(=O)NS(=O)(=O)c2ccc(C#N)cc2)cc1. The van der Waals surface area contributed by atoms with Crippen LogP contribution in [0.5, 0.6) is 0 Å². The third-order valence-electron chi connectivity index (χ3n) is 2.81. The van der Waals surface area contributed by atoms with Gasteiger partial charge in [-0.15, -0.1) is 4.13 Å². The Bertz CT molecular complexity index is 926. The highest BCUT2D eigenvalue weighted by Gasteiger charge is 2.24. The Hall–Kier alpha value is -2.72. The van der Waals surface area contributed by atoms with Gasteiger partial charge in [0.2, 0.25) is 0 Å². The maximum absolute atomic E-state index is 12.1. The van der Waals surface area contributed by atoms with E-state index in [9.17, 15) is 16.8 Å². The van der Waals surface area contributed by atoms with Crippen molar-refractivity contribution in [3.8, 4) is 12.1 Å². The quantitative estimate of drug-likeness (QED) is 0.882. The third kappa shape index (κ3) is 3.73. The Balaban J connectivity index is 2.34. The summed E-state index contributed by atoms with van der Waals surface area (Å²) in [4.78, 5) is -0.567. The second kappa shape index (κ2) is 6.18. The highest BCUT2D eigenvalue weighted by molar-refractivity contribution is 8.04. The van der Waals surface area contributed by atoms with E-state index in [0.29, 0.717) is 0 Å². The summed E-state index contributed by atoms with van der Waals surface area (Å²) in [6, 6.07) is 13.3. The Morgan fingerprint density at radius 3 is 1.22 bits per heavy atom. The molecule has 2 aromatic rings. The Kier molecular flexibility index (Phi) is 4.48. The van der Waals surface area contributed by atoms with Gasteiger partial charge in [-0.05, 0) is 48.5 Å². The van der Waals surface area contributed by atoms with Gasteiger partial charge in [-0.2, -0.15) is 10.5 Å². The number of nitrogens with one attached hydrogen (secondary N) is 1. The van der Waals surface area contributed by atoms with Crippen LogP contribution in [0.25, 0.3) is 0 Å². The number of hydrogen-bond donors (Lipinski definition) is 1. The fraction of sp³-hybridized carbons (Fsp3) is 0. The molecule has 0 spiro atoms. The molecule has 0 heterocycles. The zero-order valence-electron chi connectivity index (χ0n) is 11.5. The first-order valence-corrected chi connectivity index (χ1v) is 9.04. The predicted molar refractivity (Wildman–Crippen MR) is 79.8 cm³/mol. The first kappa shape index (κ1) is 16.6. The molecule has 0 saturated heterocycles. The third-order valence-corrected chi connectivity index (χ3v) is 6.35. The molecule has 0 bridgehead atoms. The van der Waals surface area contributed by atoms with Crippen LogP contribution in [0.2, 0.25) is 0 Å². The van der Waals surface area contributed by atoms with E-state index in [1.807, 2.05) is 12.1 Å². The van der Waals surface area contributed by atoms with Crippen molar-refractivity contribution in [2.24, 2.45) is 0 Å². The molecule has 0 radical (unpaired) electrons. The Labute approximate surface area is 133 Å². The van der Waals surface area contributed by atoms with Crippen molar-refractivity contribution in [3.63, 3.8) is 0 Å². The lowest BCUT2D eigenvalue weighted by molar-refractivity contribution is 0.577. The molecule has 7 nitrogen and oxygen atoms in total. The van der Waals surface area contributed by atoms with E-state index >= 15 is 0 Å². The van der Waals surface area contributed by atoms with Crippen LogP contribution in [0.3, 0.4) is 0 Å². The summed E-state index contributed by atoms with van der Waals surface area (Å²) in [5.41, 5.74) is 0.498.